The molecule has 0 rings (SSSR count). The van der Waals surface area contributed by atoms with Crippen LogP contribution in [0.1, 0.15) is 78.6 Å². The van der Waals surface area contributed by atoms with E-state index in [4.69, 9.17) is 15.9 Å². The molecule has 0 bridgehead atoms. The van der Waals surface area contributed by atoms with Gasteiger partial charge in [0.25, 0.3) is 0 Å². The summed E-state index contributed by atoms with van der Waals surface area (Å²) in [5.41, 5.74) is 0. The standard InChI is InChI=1S/C20H35NO4/c1-5-7-8-9-10-11-12-13-14-16-24-19(22)18(17(3)4)21-20(23)25-15-6-2/h2,17-18H,5,7-16H2,1,3-4H3,(H,21,23). The molecule has 1 amide bonds. The zero-order valence-corrected chi connectivity index (χ0v) is 16.1. The lowest BCUT2D eigenvalue weighted by Gasteiger charge is -2.20. The summed E-state index contributed by atoms with van der Waals surface area (Å²) in [5, 5.41) is 2.51. The van der Waals surface area contributed by atoms with E-state index in [9.17, 15) is 9.59 Å². The molecule has 0 aliphatic heterocycles. The van der Waals surface area contributed by atoms with Crippen LogP contribution in [-0.4, -0.2) is 31.3 Å². The van der Waals surface area contributed by atoms with Crippen LogP contribution in [-0.2, 0) is 14.3 Å². The molecule has 0 fully saturated rings. The molecule has 0 saturated heterocycles. The highest BCUT2D eigenvalue weighted by Gasteiger charge is 2.26. The minimum atomic E-state index is -0.719. The van der Waals surface area contributed by atoms with E-state index < -0.39 is 18.1 Å². The van der Waals surface area contributed by atoms with Gasteiger partial charge < -0.3 is 14.8 Å². The number of nitrogens with one attached hydrogen (secondary N) is 1. The molecule has 1 unspecified atom stereocenters. The van der Waals surface area contributed by atoms with E-state index in [0.717, 1.165) is 12.8 Å². The third-order valence-corrected chi connectivity index (χ3v) is 3.97. The maximum absolute atomic E-state index is 12.1. The van der Waals surface area contributed by atoms with Crippen molar-refractivity contribution in [3.05, 3.63) is 0 Å². The van der Waals surface area contributed by atoms with Crippen LogP contribution in [0.3, 0.4) is 0 Å². The molecule has 0 radical (unpaired) electrons. The quantitative estimate of drug-likeness (QED) is 0.285. The average molecular weight is 354 g/mol. The summed E-state index contributed by atoms with van der Waals surface area (Å²) in [4.78, 5) is 23.6. The summed E-state index contributed by atoms with van der Waals surface area (Å²) in [6.45, 7) is 6.17. The molecule has 144 valence electrons. The lowest BCUT2D eigenvalue weighted by atomic mass is 10.1. The normalized spacial score (nSPS) is 11.6. The van der Waals surface area contributed by atoms with Crippen molar-refractivity contribution in [3.63, 3.8) is 0 Å². The molecule has 25 heavy (non-hydrogen) atoms. The second kappa shape index (κ2) is 15.8. The van der Waals surface area contributed by atoms with Crippen molar-refractivity contribution in [2.75, 3.05) is 13.2 Å². The molecule has 0 aliphatic rings. The number of hydrogen-bond acceptors (Lipinski definition) is 4. The Hall–Kier alpha value is -1.70. The van der Waals surface area contributed by atoms with Gasteiger partial charge in [-0.2, -0.15) is 0 Å². The fourth-order valence-electron chi connectivity index (χ4n) is 2.45. The van der Waals surface area contributed by atoms with E-state index in [2.05, 4.69) is 18.2 Å². The summed E-state index contributed by atoms with van der Waals surface area (Å²) in [7, 11) is 0. The number of esters is 1. The highest BCUT2D eigenvalue weighted by molar-refractivity contribution is 5.81. The number of carbonyl (C=O) groups is 2. The maximum atomic E-state index is 12.1. The summed E-state index contributed by atoms with van der Waals surface area (Å²) in [5.74, 6) is 1.69. The zero-order valence-electron chi connectivity index (χ0n) is 16.1. The third-order valence-electron chi connectivity index (χ3n) is 3.97. The van der Waals surface area contributed by atoms with Crippen LogP contribution in [0.25, 0.3) is 0 Å². The summed E-state index contributed by atoms with van der Waals surface area (Å²) < 4.78 is 10.0. The fourth-order valence-corrected chi connectivity index (χ4v) is 2.45. The second-order valence-corrected chi connectivity index (χ2v) is 6.64. The molecule has 0 saturated carbocycles. The Balaban J connectivity index is 3.82. The third kappa shape index (κ3) is 13.3. The topological polar surface area (TPSA) is 64.6 Å². The van der Waals surface area contributed by atoms with E-state index in [0.29, 0.717) is 6.61 Å². The molecule has 0 aliphatic carbocycles. The molecule has 5 heteroatoms. The van der Waals surface area contributed by atoms with Gasteiger partial charge >= 0.3 is 12.1 Å². The van der Waals surface area contributed by atoms with Crippen LogP contribution in [0.5, 0.6) is 0 Å². The lowest BCUT2D eigenvalue weighted by Crippen LogP contribution is -2.45. The number of terminal acetylenes is 1. The molecule has 0 heterocycles. The molecule has 0 aromatic rings. The highest BCUT2D eigenvalue weighted by atomic mass is 16.6. The van der Waals surface area contributed by atoms with Gasteiger partial charge in [-0.3, -0.25) is 0 Å². The van der Waals surface area contributed by atoms with Gasteiger partial charge in [0, 0.05) is 0 Å². The first-order valence-electron chi connectivity index (χ1n) is 9.56. The number of rotatable bonds is 14. The Bertz CT molecular complexity index is 401. The minimum Gasteiger partial charge on any atom is -0.464 e. The van der Waals surface area contributed by atoms with Gasteiger partial charge in [0.1, 0.15) is 6.04 Å². The van der Waals surface area contributed by atoms with Crippen LogP contribution in [0.4, 0.5) is 4.79 Å². The van der Waals surface area contributed by atoms with Crippen LogP contribution >= 0.6 is 0 Å². The highest BCUT2D eigenvalue weighted by Crippen LogP contribution is 2.10. The Kier molecular flexibility index (Phi) is 14.7. The Labute approximate surface area is 153 Å². The van der Waals surface area contributed by atoms with Crippen LogP contribution in [0.2, 0.25) is 0 Å². The number of hydrogen-bond donors (Lipinski definition) is 1. The molecule has 1 N–H and O–H groups in total. The number of amides is 1. The van der Waals surface area contributed by atoms with E-state index in [1.165, 1.54) is 44.9 Å². The largest absolute Gasteiger partial charge is 0.464 e. The van der Waals surface area contributed by atoms with Crippen molar-refractivity contribution >= 4 is 12.1 Å². The van der Waals surface area contributed by atoms with Crippen molar-refractivity contribution in [2.45, 2.75) is 84.6 Å². The van der Waals surface area contributed by atoms with E-state index in [1.54, 1.807) is 0 Å². The predicted octanol–water partition coefficient (Wildman–Crippen LogP) is 4.44. The summed E-state index contributed by atoms with van der Waals surface area (Å²) in [6.07, 6.45) is 15.2. The van der Waals surface area contributed by atoms with Gasteiger partial charge in [-0.15, -0.1) is 6.42 Å². The molecule has 0 spiro atoms. The number of alkyl carbamates (subject to hydrolysis) is 1. The molecule has 0 aromatic carbocycles. The lowest BCUT2D eigenvalue weighted by molar-refractivity contribution is -0.147. The monoisotopic (exact) mass is 353 g/mol. The molecule has 5 nitrogen and oxygen atoms in total. The van der Waals surface area contributed by atoms with E-state index in [1.807, 2.05) is 13.8 Å². The van der Waals surface area contributed by atoms with Crippen LogP contribution in [0, 0.1) is 18.3 Å². The first kappa shape index (κ1) is 23.3. The van der Waals surface area contributed by atoms with Crippen molar-refractivity contribution < 1.29 is 19.1 Å². The Morgan fingerprint density at radius 1 is 0.960 bits per heavy atom. The molecular weight excluding hydrogens is 318 g/mol. The van der Waals surface area contributed by atoms with Crippen molar-refractivity contribution in [1.82, 2.24) is 5.32 Å². The van der Waals surface area contributed by atoms with Gasteiger partial charge in [-0.05, 0) is 12.3 Å². The van der Waals surface area contributed by atoms with Gasteiger partial charge in [0.15, 0.2) is 6.61 Å². The average Bonchev–Trinajstić information content (AvgIpc) is 2.58. The predicted molar refractivity (Wildman–Crippen MR) is 100 cm³/mol. The van der Waals surface area contributed by atoms with Crippen molar-refractivity contribution in [3.8, 4) is 12.3 Å². The van der Waals surface area contributed by atoms with Crippen LogP contribution in [0.15, 0.2) is 0 Å². The fraction of sp³-hybridized carbons (Fsp3) is 0.800. The number of ether oxygens (including phenoxy) is 2. The van der Waals surface area contributed by atoms with Gasteiger partial charge in [-0.1, -0.05) is 78.1 Å². The minimum absolute atomic E-state index is 0.0889. The smallest absolute Gasteiger partial charge is 0.408 e. The van der Waals surface area contributed by atoms with E-state index in [-0.39, 0.29) is 12.5 Å². The molecule has 1 atom stereocenters. The van der Waals surface area contributed by atoms with Gasteiger partial charge in [0.2, 0.25) is 0 Å². The van der Waals surface area contributed by atoms with Crippen molar-refractivity contribution in [1.29, 1.82) is 0 Å². The Morgan fingerprint density at radius 2 is 1.52 bits per heavy atom. The van der Waals surface area contributed by atoms with Gasteiger partial charge in [0.05, 0.1) is 6.61 Å². The number of carbonyl (C=O) groups excluding carboxylic acids is 2. The molecular formula is C20H35NO4. The second-order valence-electron chi connectivity index (χ2n) is 6.64. The summed E-state index contributed by atoms with van der Waals surface area (Å²) >= 11 is 0. The van der Waals surface area contributed by atoms with Crippen LogP contribution < -0.4 is 5.32 Å². The first-order chi connectivity index (χ1) is 12.0. The summed E-state index contributed by atoms with van der Waals surface area (Å²) in [6, 6.07) is -0.719. The molecule has 0 aromatic heterocycles. The first-order valence-corrected chi connectivity index (χ1v) is 9.56. The van der Waals surface area contributed by atoms with Crippen molar-refractivity contribution in [2.24, 2.45) is 5.92 Å². The van der Waals surface area contributed by atoms with Gasteiger partial charge in [-0.25, -0.2) is 9.59 Å². The zero-order chi connectivity index (χ0) is 18.9. The maximum Gasteiger partial charge on any atom is 0.408 e. The number of unbranched alkanes of at least 4 members (excludes halogenated alkanes) is 8. The SMILES string of the molecule is C#CCOC(=O)NC(C(=O)OCCCCCCCCCCC)C(C)C. The van der Waals surface area contributed by atoms with E-state index >= 15 is 0 Å². The Morgan fingerprint density at radius 3 is 2.04 bits per heavy atom.